The van der Waals surface area contributed by atoms with Gasteiger partial charge in [0.1, 0.15) is 19.3 Å². The first-order chi connectivity index (χ1) is 33.6. The van der Waals surface area contributed by atoms with Gasteiger partial charge in [-0.3, -0.25) is 13.8 Å². The summed E-state index contributed by atoms with van der Waals surface area (Å²) in [6.45, 7) is 5.44. The molecule has 8 nitrogen and oxygen atoms in total. The minimum Gasteiger partial charge on any atom is -0.457 e. The maximum absolute atomic E-state index is 12.8. The highest BCUT2D eigenvalue weighted by molar-refractivity contribution is 7.47. The number of esters is 1. The highest BCUT2D eigenvalue weighted by Crippen LogP contribution is 2.43. The van der Waals surface area contributed by atoms with E-state index in [-0.39, 0.29) is 25.8 Å². The average Bonchev–Trinajstić information content (AvgIpc) is 3.31. The van der Waals surface area contributed by atoms with Gasteiger partial charge >= 0.3 is 13.8 Å². The number of hydrogen-bond donors (Lipinski definition) is 1. The third-order valence-corrected chi connectivity index (χ3v) is 12.6. The van der Waals surface area contributed by atoms with E-state index in [1.165, 1.54) is 103 Å². The van der Waals surface area contributed by atoms with Crippen molar-refractivity contribution in [3.8, 4) is 0 Å². The quantitative estimate of drug-likeness (QED) is 0.0213. The molecule has 2 unspecified atom stereocenters. The second-order valence-electron chi connectivity index (χ2n) is 19.6. The minimum absolute atomic E-state index is 0.0779. The van der Waals surface area contributed by atoms with E-state index in [1.807, 2.05) is 21.1 Å². The van der Waals surface area contributed by atoms with Crippen LogP contribution in [0.5, 0.6) is 0 Å². The molecule has 69 heavy (non-hydrogen) atoms. The molecule has 0 aromatic heterocycles. The van der Waals surface area contributed by atoms with Crippen molar-refractivity contribution in [2.24, 2.45) is 0 Å². The largest absolute Gasteiger partial charge is 0.472 e. The summed E-state index contributed by atoms with van der Waals surface area (Å²) in [4.78, 5) is 23.1. The fourth-order valence-electron chi connectivity index (χ4n) is 7.35. The van der Waals surface area contributed by atoms with Gasteiger partial charge in [0, 0.05) is 13.0 Å². The molecule has 0 heterocycles. The van der Waals surface area contributed by atoms with Gasteiger partial charge in [-0.1, -0.05) is 214 Å². The Hall–Kier alpha value is -2.58. The van der Waals surface area contributed by atoms with Crippen LogP contribution in [-0.4, -0.2) is 75.6 Å². The van der Waals surface area contributed by atoms with Gasteiger partial charge in [0.05, 0.1) is 34.4 Å². The summed E-state index contributed by atoms with van der Waals surface area (Å²) in [6.07, 6.45) is 71.8. The molecule has 0 rings (SSSR count). The smallest absolute Gasteiger partial charge is 0.457 e. The lowest BCUT2D eigenvalue weighted by Crippen LogP contribution is -2.37. The molecule has 398 valence electrons. The highest BCUT2D eigenvalue weighted by atomic mass is 31.2. The SMILES string of the molecule is CC/C=C\C/C=C\C/C=C\C/C=C\C/C=C\C/C=C\C/C=C\CCCCCCOCC(COP(=O)(O)OCC[N+](C)(C)C)OC(=O)CCCCCCCCCCC/C=C\CCCCCCCCCC. The van der Waals surface area contributed by atoms with Gasteiger partial charge in [-0.05, 0) is 96.3 Å². The lowest BCUT2D eigenvalue weighted by molar-refractivity contribution is -0.870. The van der Waals surface area contributed by atoms with Crippen molar-refractivity contribution in [2.45, 2.75) is 225 Å². The molecule has 0 saturated carbocycles. The summed E-state index contributed by atoms with van der Waals surface area (Å²) in [5, 5.41) is 0. The summed E-state index contributed by atoms with van der Waals surface area (Å²) in [7, 11) is 1.64. The number of unbranched alkanes of at least 4 members (excludes halogenated alkanes) is 21. The lowest BCUT2D eigenvalue weighted by atomic mass is 10.1. The molecular weight excluding hydrogens is 878 g/mol. The Bertz CT molecular complexity index is 1420. The topological polar surface area (TPSA) is 91.3 Å². The Balaban J connectivity index is 4.19. The average molecular weight is 985 g/mol. The molecule has 0 radical (unpaired) electrons. The van der Waals surface area contributed by atoms with Crippen LogP contribution in [0.15, 0.2) is 97.2 Å². The van der Waals surface area contributed by atoms with Crippen molar-refractivity contribution < 1.29 is 37.3 Å². The number of allylic oxidation sites excluding steroid dienone is 16. The van der Waals surface area contributed by atoms with Crippen LogP contribution in [0.4, 0.5) is 0 Å². The van der Waals surface area contributed by atoms with E-state index in [9.17, 15) is 14.3 Å². The molecule has 0 bridgehead atoms. The van der Waals surface area contributed by atoms with E-state index in [2.05, 4.69) is 111 Å². The van der Waals surface area contributed by atoms with Gasteiger partial charge in [-0.2, -0.15) is 0 Å². The molecule has 0 amide bonds. The molecule has 0 saturated heterocycles. The number of likely N-dealkylation sites (N-methyl/N-ethyl adjacent to an activating group) is 1. The number of quaternary nitrogens is 1. The second-order valence-corrected chi connectivity index (χ2v) is 21.0. The van der Waals surface area contributed by atoms with Crippen LogP contribution < -0.4 is 0 Å². The summed E-state index contributed by atoms with van der Waals surface area (Å²) < 4.78 is 35.2. The highest BCUT2D eigenvalue weighted by Gasteiger charge is 2.26. The number of ether oxygens (including phenoxy) is 2. The van der Waals surface area contributed by atoms with Crippen molar-refractivity contribution in [1.29, 1.82) is 0 Å². The first-order valence-corrected chi connectivity index (χ1v) is 29.5. The van der Waals surface area contributed by atoms with Crippen molar-refractivity contribution in [1.82, 2.24) is 0 Å². The maximum Gasteiger partial charge on any atom is 0.472 e. The van der Waals surface area contributed by atoms with Gasteiger partial charge < -0.3 is 18.9 Å². The number of hydrogen-bond acceptors (Lipinski definition) is 6. The standard InChI is InChI=1S/C60H106NO7P/c1-6-8-10-12-14-16-18-20-22-24-26-28-29-30-31-32-34-36-38-40-42-44-46-48-50-52-55-65-57-59(58-67-69(63,64)66-56-54-61(3,4)5)68-60(62)53-51-49-47-45-43-41-39-37-35-33-27-25-23-21-19-17-15-13-11-9-7-2/h8,10,14,16,20,22,25-28,30-31,34,36,40,42,59H,6-7,9,11-13,15,17-19,21,23-24,29,32-33,35,37-39,41,43-58H2,1-5H3/p+1/b10-8-,16-14-,22-20-,27-25-,28-26-,31-30-,36-34-,42-40-. The van der Waals surface area contributed by atoms with E-state index in [1.54, 1.807) is 0 Å². The second kappa shape index (κ2) is 51.8. The minimum atomic E-state index is -4.30. The summed E-state index contributed by atoms with van der Waals surface area (Å²) in [6, 6.07) is 0. The normalized spacial score (nSPS) is 14.2. The van der Waals surface area contributed by atoms with E-state index in [4.69, 9.17) is 18.5 Å². The van der Waals surface area contributed by atoms with Crippen molar-refractivity contribution in [2.75, 3.05) is 54.1 Å². The summed E-state index contributed by atoms with van der Waals surface area (Å²) in [5.74, 6) is -0.327. The van der Waals surface area contributed by atoms with Crippen LogP contribution in [-0.2, 0) is 27.9 Å². The first kappa shape index (κ1) is 66.4. The maximum atomic E-state index is 12.8. The molecule has 9 heteroatoms. The van der Waals surface area contributed by atoms with Crippen LogP contribution in [0.2, 0.25) is 0 Å². The number of phosphoric acid groups is 1. The predicted molar refractivity (Wildman–Crippen MR) is 298 cm³/mol. The van der Waals surface area contributed by atoms with Crippen molar-refractivity contribution in [3.63, 3.8) is 0 Å². The Morgan fingerprint density at radius 2 is 0.841 bits per heavy atom. The van der Waals surface area contributed by atoms with Crippen LogP contribution in [0.25, 0.3) is 0 Å². The van der Waals surface area contributed by atoms with E-state index in [0.717, 1.165) is 96.3 Å². The number of carbonyl (C=O) groups is 1. The molecule has 0 aliphatic heterocycles. The van der Waals surface area contributed by atoms with Gasteiger partial charge in [0.15, 0.2) is 0 Å². The zero-order chi connectivity index (χ0) is 50.5. The molecule has 0 aromatic rings. The third-order valence-electron chi connectivity index (χ3n) is 11.6. The Morgan fingerprint density at radius 1 is 0.464 bits per heavy atom. The fraction of sp³-hybridized carbons (Fsp3) is 0.717. The molecular formula is C60H107NO7P+. The summed E-state index contributed by atoms with van der Waals surface area (Å²) in [5.41, 5.74) is 0. The monoisotopic (exact) mass is 985 g/mol. The lowest BCUT2D eigenvalue weighted by Gasteiger charge is -2.24. The molecule has 2 atom stereocenters. The van der Waals surface area contributed by atoms with Crippen LogP contribution in [0.3, 0.4) is 0 Å². The van der Waals surface area contributed by atoms with E-state index < -0.39 is 13.9 Å². The molecule has 0 aliphatic rings. The molecule has 0 aliphatic carbocycles. The Kier molecular flexibility index (Phi) is 49.8. The third kappa shape index (κ3) is 56.2. The van der Waals surface area contributed by atoms with Gasteiger partial charge in [-0.25, -0.2) is 4.57 Å². The van der Waals surface area contributed by atoms with Crippen LogP contribution in [0.1, 0.15) is 219 Å². The van der Waals surface area contributed by atoms with E-state index in [0.29, 0.717) is 24.1 Å². The van der Waals surface area contributed by atoms with Gasteiger partial charge in [0.25, 0.3) is 0 Å². The number of nitrogens with zero attached hydrogens (tertiary/aromatic N) is 1. The predicted octanol–water partition coefficient (Wildman–Crippen LogP) is 17.7. The van der Waals surface area contributed by atoms with Crippen LogP contribution >= 0.6 is 7.82 Å². The zero-order valence-electron chi connectivity index (χ0n) is 45.3. The fourth-order valence-corrected chi connectivity index (χ4v) is 8.09. The zero-order valence-corrected chi connectivity index (χ0v) is 46.2. The number of rotatable bonds is 51. The summed E-state index contributed by atoms with van der Waals surface area (Å²) >= 11 is 0. The number of carbonyl (C=O) groups excluding carboxylic acids is 1. The molecule has 0 aromatic carbocycles. The van der Waals surface area contributed by atoms with Gasteiger partial charge in [0.2, 0.25) is 0 Å². The Morgan fingerprint density at radius 3 is 1.28 bits per heavy atom. The van der Waals surface area contributed by atoms with Gasteiger partial charge in [-0.15, -0.1) is 0 Å². The number of phosphoric ester groups is 1. The Labute approximate surface area is 426 Å². The molecule has 0 fully saturated rings. The molecule has 1 N–H and O–H groups in total. The van der Waals surface area contributed by atoms with Crippen molar-refractivity contribution in [3.05, 3.63) is 97.2 Å². The van der Waals surface area contributed by atoms with Crippen molar-refractivity contribution >= 4 is 13.8 Å². The first-order valence-electron chi connectivity index (χ1n) is 28.0. The van der Waals surface area contributed by atoms with E-state index >= 15 is 0 Å². The van der Waals surface area contributed by atoms with Crippen LogP contribution in [0, 0.1) is 0 Å². The molecule has 0 spiro atoms.